The lowest BCUT2D eigenvalue weighted by molar-refractivity contribution is 0.102. The fourth-order valence-corrected chi connectivity index (χ4v) is 1.95. The minimum Gasteiger partial charge on any atom is -0.403 e. The smallest absolute Gasteiger partial charge is 0.317 e. The number of pyridine rings is 1. The molecule has 24 heavy (non-hydrogen) atoms. The lowest BCUT2D eigenvalue weighted by Gasteiger charge is -2.06. The first-order chi connectivity index (χ1) is 11.5. The van der Waals surface area contributed by atoms with Crippen molar-refractivity contribution in [2.45, 2.75) is 0 Å². The van der Waals surface area contributed by atoms with Gasteiger partial charge in [-0.3, -0.25) is 9.78 Å². The van der Waals surface area contributed by atoms with Crippen molar-refractivity contribution < 1.29 is 13.6 Å². The summed E-state index contributed by atoms with van der Waals surface area (Å²) < 4.78 is 18.6. The van der Waals surface area contributed by atoms with Gasteiger partial charge in [0.05, 0.1) is 11.8 Å². The predicted octanol–water partition coefficient (Wildman–Crippen LogP) is 2.59. The normalized spacial score (nSPS) is 10.5. The second-order valence-electron chi connectivity index (χ2n) is 5.21. The van der Waals surface area contributed by atoms with Gasteiger partial charge in [-0.2, -0.15) is 0 Å². The van der Waals surface area contributed by atoms with Gasteiger partial charge in [0.2, 0.25) is 5.89 Å². The molecule has 1 amide bonds. The summed E-state index contributed by atoms with van der Waals surface area (Å²) >= 11 is 0. The second-order valence-corrected chi connectivity index (χ2v) is 5.21. The van der Waals surface area contributed by atoms with E-state index < -0.39 is 11.7 Å². The quantitative estimate of drug-likeness (QED) is 0.793. The zero-order chi connectivity index (χ0) is 17.1. The fraction of sp³-hybridized carbons (Fsp3) is 0.125. The van der Waals surface area contributed by atoms with E-state index >= 15 is 0 Å². The molecule has 0 saturated carbocycles. The third kappa shape index (κ3) is 3.37. The molecule has 0 unspecified atom stereocenters. The standard InChI is InChI=1S/C16H14FN5O2/c1-22(2)16-21-20-15(24-16)10-3-5-13(6-4-10)19-14(23)11-7-12(17)9-18-8-11/h3-9H,1-2H3,(H,19,23). The summed E-state index contributed by atoms with van der Waals surface area (Å²) in [7, 11) is 3.61. The van der Waals surface area contributed by atoms with E-state index in [0.29, 0.717) is 17.6 Å². The Balaban J connectivity index is 1.73. The van der Waals surface area contributed by atoms with Gasteiger partial charge in [0.15, 0.2) is 0 Å². The van der Waals surface area contributed by atoms with Crippen molar-refractivity contribution in [2.75, 3.05) is 24.3 Å². The Morgan fingerprint density at radius 1 is 1.17 bits per heavy atom. The molecule has 0 bridgehead atoms. The Hall–Kier alpha value is -3.29. The molecule has 122 valence electrons. The molecule has 7 nitrogen and oxygen atoms in total. The van der Waals surface area contributed by atoms with Gasteiger partial charge >= 0.3 is 6.01 Å². The van der Waals surface area contributed by atoms with Crippen LogP contribution < -0.4 is 10.2 Å². The zero-order valence-electron chi connectivity index (χ0n) is 13.0. The van der Waals surface area contributed by atoms with Crippen molar-refractivity contribution in [3.63, 3.8) is 0 Å². The van der Waals surface area contributed by atoms with E-state index in [1.165, 1.54) is 6.20 Å². The Labute approximate surface area is 137 Å². The molecule has 3 rings (SSSR count). The maximum Gasteiger partial charge on any atom is 0.317 e. The molecule has 1 N–H and O–H groups in total. The molecule has 0 aliphatic rings. The highest BCUT2D eigenvalue weighted by atomic mass is 19.1. The highest BCUT2D eigenvalue weighted by Gasteiger charge is 2.11. The number of carbonyl (C=O) groups excluding carboxylic acids is 1. The SMILES string of the molecule is CN(C)c1nnc(-c2ccc(NC(=O)c3cncc(F)c3)cc2)o1. The lowest BCUT2D eigenvalue weighted by atomic mass is 10.2. The Bertz CT molecular complexity index is 861. The van der Waals surface area contributed by atoms with Crippen molar-refractivity contribution in [3.8, 4) is 11.5 Å². The van der Waals surface area contributed by atoms with Crippen molar-refractivity contribution in [1.29, 1.82) is 0 Å². The first kappa shape index (κ1) is 15.6. The van der Waals surface area contributed by atoms with Crippen LogP contribution in [0.5, 0.6) is 0 Å². The highest BCUT2D eigenvalue weighted by Crippen LogP contribution is 2.22. The van der Waals surface area contributed by atoms with Crippen molar-refractivity contribution >= 4 is 17.6 Å². The minimum atomic E-state index is -0.564. The van der Waals surface area contributed by atoms with Crippen LogP contribution in [0.15, 0.2) is 47.1 Å². The van der Waals surface area contributed by atoms with Gasteiger partial charge in [-0.1, -0.05) is 5.10 Å². The first-order valence-electron chi connectivity index (χ1n) is 7.06. The number of nitrogens with zero attached hydrogens (tertiary/aromatic N) is 4. The lowest BCUT2D eigenvalue weighted by Crippen LogP contribution is -2.12. The molecule has 0 aliphatic carbocycles. The van der Waals surface area contributed by atoms with Crippen LogP contribution in [0.3, 0.4) is 0 Å². The van der Waals surface area contributed by atoms with Crippen LogP contribution in [-0.2, 0) is 0 Å². The predicted molar refractivity (Wildman–Crippen MR) is 86.2 cm³/mol. The molecule has 1 aromatic carbocycles. The van der Waals surface area contributed by atoms with Gasteiger partial charge in [-0.05, 0) is 30.3 Å². The van der Waals surface area contributed by atoms with E-state index in [-0.39, 0.29) is 5.56 Å². The molecular weight excluding hydrogens is 313 g/mol. The Morgan fingerprint density at radius 3 is 2.54 bits per heavy atom. The summed E-state index contributed by atoms with van der Waals surface area (Å²) in [6.07, 6.45) is 2.34. The summed E-state index contributed by atoms with van der Waals surface area (Å²) in [5, 5.41) is 10.5. The van der Waals surface area contributed by atoms with E-state index in [9.17, 15) is 9.18 Å². The van der Waals surface area contributed by atoms with Crippen molar-refractivity contribution in [1.82, 2.24) is 15.2 Å². The fourth-order valence-electron chi connectivity index (χ4n) is 1.95. The average Bonchev–Trinajstić information content (AvgIpc) is 3.06. The number of aromatic nitrogens is 3. The van der Waals surface area contributed by atoms with Crippen LogP contribution in [0.1, 0.15) is 10.4 Å². The molecule has 0 atom stereocenters. The topological polar surface area (TPSA) is 84.2 Å². The van der Waals surface area contributed by atoms with Crippen LogP contribution in [0.2, 0.25) is 0 Å². The third-order valence-corrected chi connectivity index (χ3v) is 3.15. The minimum absolute atomic E-state index is 0.145. The van der Waals surface area contributed by atoms with Crippen LogP contribution >= 0.6 is 0 Å². The average molecular weight is 327 g/mol. The summed E-state index contributed by atoms with van der Waals surface area (Å²) in [6, 6.07) is 8.40. The summed E-state index contributed by atoms with van der Waals surface area (Å²) in [5.41, 5.74) is 1.42. The van der Waals surface area contributed by atoms with Gasteiger partial charge in [-0.15, -0.1) is 5.10 Å². The number of amides is 1. The van der Waals surface area contributed by atoms with E-state index in [4.69, 9.17) is 4.42 Å². The van der Waals surface area contributed by atoms with Gasteiger partial charge in [0.25, 0.3) is 5.91 Å². The molecule has 0 radical (unpaired) electrons. The van der Waals surface area contributed by atoms with Gasteiger partial charge in [0, 0.05) is 31.5 Å². The third-order valence-electron chi connectivity index (χ3n) is 3.15. The number of anilines is 2. The molecule has 3 aromatic rings. The van der Waals surface area contributed by atoms with Crippen LogP contribution in [0, 0.1) is 5.82 Å². The van der Waals surface area contributed by atoms with Crippen LogP contribution in [-0.4, -0.2) is 35.2 Å². The van der Waals surface area contributed by atoms with Gasteiger partial charge in [-0.25, -0.2) is 4.39 Å². The van der Waals surface area contributed by atoms with E-state index in [0.717, 1.165) is 17.8 Å². The molecule has 8 heteroatoms. The number of rotatable bonds is 4. The van der Waals surface area contributed by atoms with Crippen molar-refractivity contribution in [2.24, 2.45) is 0 Å². The van der Waals surface area contributed by atoms with Crippen LogP contribution in [0.4, 0.5) is 16.1 Å². The molecule has 0 aliphatic heterocycles. The zero-order valence-corrected chi connectivity index (χ0v) is 13.0. The molecule has 0 saturated heterocycles. The molecule has 2 aromatic heterocycles. The maximum atomic E-state index is 13.1. The number of hydrogen-bond donors (Lipinski definition) is 1. The summed E-state index contributed by atoms with van der Waals surface area (Å²) in [4.78, 5) is 17.4. The van der Waals surface area contributed by atoms with Gasteiger partial charge < -0.3 is 14.6 Å². The van der Waals surface area contributed by atoms with E-state index in [2.05, 4.69) is 20.5 Å². The molecular formula is C16H14FN5O2. The van der Waals surface area contributed by atoms with Crippen LogP contribution in [0.25, 0.3) is 11.5 Å². The number of hydrogen-bond acceptors (Lipinski definition) is 6. The van der Waals surface area contributed by atoms with E-state index in [1.54, 1.807) is 43.3 Å². The molecule has 2 heterocycles. The van der Waals surface area contributed by atoms with E-state index in [1.807, 2.05) is 0 Å². The Morgan fingerprint density at radius 2 is 1.92 bits per heavy atom. The summed E-state index contributed by atoms with van der Waals surface area (Å²) in [5.74, 6) is -0.626. The Kier molecular flexibility index (Phi) is 4.19. The number of carbonyl (C=O) groups is 1. The van der Waals surface area contributed by atoms with Gasteiger partial charge in [0.1, 0.15) is 5.82 Å². The maximum absolute atomic E-state index is 13.1. The first-order valence-corrected chi connectivity index (χ1v) is 7.06. The monoisotopic (exact) mass is 327 g/mol. The van der Waals surface area contributed by atoms with Crippen molar-refractivity contribution in [3.05, 3.63) is 54.1 Å². The summed E-state index contributed by atoms with van der Waals surface area (Å²) in [6.45, 7) is 0. The number of halogens is 1. The molecule has 0 spiro atoms. The highest BCUT2D eigenvalue weighted by molar-refractivity contribution is 6.04. The number of benzene rings is 1. The number of nitrogens with one attached hydrogen (secondary N) is 1. The molecule has 0 fully saturated rings. The largest absolute Gasteiger partial charge is 0.403 e. The second kappa shape index (κ2) is 6.45.